The lowest BCUT2D eigenvalue weighted by Gasteiger charge is -2.27. The second-order valence-electron chi connectivity index (χ2n) is 10.4. The summed E-state index contributed by atoms with van der Waals surface area (Å²) < 4.78 is 24.7. The van der Waals surface area contributed by atoms with Crippen molar-refractivity contribution in [2.75, 3.05) is 20.8 Å². The smallest absolute Gasteiger partial charge is 0.338 e. The van der Waals surface area contributed by atoms with Crippen LogP contribution in [0.1, 0.15) is 55.0 Å². The number of carbonyl (C=O) groups excluding carboxylic acids is 1. The number of aryl methyl sites for hydroxylation is 1. The molecule has 0 fully saturated rings. The second kappa shape index (κ2) is 13.8. The van der Waals surface area contributed by atoms with Crippen molar-refractivity contribution in [3.63, 3.8) is 0 Å². The number of esters is 1. The second-order valence-corrected chi connectivity index (χ2v) is 11.4. The molecule has 8 nitrogen and oxygen atoms in total. The Bertz CT molecular complexity index is 1850. The molecule has 0 saturated carbocycles. The molecular weight excluding hydrogens is 576 g/mol. The highest BCUT2D eigenvalue weighted by molar-refractivity contribution is 7.07. The highest BCUT2D eigenvalue weighted by Crippen LogP contribution is 2.38. The van der Waals surface area contributed by atoms with E-state index in [0.717, 1.165) is 23.3 Å². The van der Waals surface area contributed by atoms with Gasteiger partial charge in [-0.15, -0.1) is 0 Å². The molecule has 1 aliphatic heterocycles. The van der Waals surface area contributed by atoms with Crippen LogP contribution in [0.5, 0.6) is 17.2 Å². The predicted octanol–water partition coefficient (Wildman–Crippen LogP) is 5.48. The normalized spacial score (nSPS) is 14.6. The third-order valence-electron chi connectivity index (χ3n) is 7.33. The Hall–Kier alpha value is -4.63. The average molecular weight is 613 g/mol. The van der Waals surface area contributed by atoms with Crippen molar-refractivity contribution in [3.05, 3.63) is 120 Å². The van der Waals surface area contributed by atoms with Crippen LogP contribution >= 0.6 is 11.3 Å². The van der Waals surface area contributed by atoms with Gasteiger partial charge in [0.1, 0.15) is 29.9 Å². The minimum Gasteiger partial charge on any atom is -0.497 e. The van der Waals surface area contributed by atoms with Gasteiger partial charge in [-0.1, -0.05) is 66.6 Å². The van der Waals surface area contributed by atoms with E-state index < -0.39 is 12.0 Å². The highest BCUT2D eigenvalue weighted by atomic mass is 32.1. The van der Waals surface area contributed by atoms with E-state index in [2.05, 4.69) is 31.2 Å². The van der Waals surface area contributed by atoms with Crippen LogP contribution < -0.4 is 29.1 Å². The lowest BCUT2D eigenvalue weighted by molar-refractivity contribution is -0.139. The van der Waals surface area contributed by atoms with Crippen LogP contribution in [-0.4, -0.2) is 31.4 Å². The van der Waals surface area contributed by atoms with Gasteiger partial charge in [-0.05, 0) is 67.8 Å². The number of hydrogen-bond acceptors (Lipinski definition) is 8. The van der Waals surface area contributed by atoms with Crippen molar-refractivity contribution in [2.24, 2.45) is 4.99 Å². The van der Waals surface area contributed by atoms with Gasteiger partial charge in [-0.3, -0.25) is 9.36 Å². The highest BCUT2D eigenvalue weighted by Gasteiger charge is 2.36. The Morgan fingerprint density at radius 1 is 0.977 bits per heavy atom. The molecule has 2 heterocycles. The number of methoxy groups -OCH3 is 2. The summed E-state index contributed by atoms with van der Waals surface area (Å²) in [5.41, 5.74) is 4.41. The molecule has 3 aromatic carbocycles. The van der Waals surface area contributed by atoms with Crippen LogP contribution in [0.4, 0.5) is 0 Å². The molecule has 0 unspecified atom stereocenters. The molecule has 0 radical (unpaired) electrons. The third-order valence-corrected chi connectivity index (χ3v) is 8.31. The molecule has 1 atom stereocenters. The van der Waals surface area contributed by atoms with Crippen LogP contribution in [0.2, 0.25) is 0 Å². The summed E-state index contributed by atoms with van der Waals surface area (Å²) >= 11 is 1.29. The zero-order valence-electron chi connectivity index (χ0n) is 25.6. The Morgan fingerprint density at radius 3 is 2.36 bits per heavy atom. The van der Waals surface area contributed by atoms with Gasteiger partial charge in [0, 0.05) is 5.56 Å². The standard InChI is InChI=1S/C35H36N2O6S/c1-6-8-28-31(34(39)42-7-2)32(27-20-26(40-4)17-18-29(27)41-5)37-33(38)30(44-35(37)36-28)19-23-13-15-25(16-14-23)43-21-24-11-9-22(3)10-12-24/h9-20,32H,6-8,21H2,1-5H3/b30-19-/t32-/m1/s1. The van der Waals surface area contributed by atoms with Crippen LogP contribution in [-0.2, 0) is 16.1 Å². The first-order valence-corrected chi connectivity index (χ1v) is 15.4. The molecule has 0 spiro atoms. The topological polar surface area (TPSA) is 88.4 Å². The molecule has 1 aliphatic rings. The van der Waals surface area contributed by atoms with Gasteiger partial charge >= 0.3 is 5.97 Å². The van der Waals surface area contributed by atoms with E-state index in [1.165, 1.54) is 16.9 Å². The molecule has 228 valence electrons. The lowest BCUT2D eigenvalue weighted by atomic mass is 9.93. The minimum atomic E-state index is -0.809. The zero-order chi connectivity index (χ0) is 31.2. The Labute approximate surface area is 260 Å². The first kappa shape index (κ1) is 30.8. The first-order chi connectivity index (χ1) is 21.4. The minimum absolute atomic E-state index is 0.193. The van der Waals surface area contributed by atoms with E-state index in [1.54, 1.807) is 43.9 Å². The van der Waals surface area contributed by atoms with Gasteiger partial charge in [0.25, 0.3) is 5.56 Å². The Kier molecular flexibility index (Phi) is 9.65. The van der Waals surface area contributed by atoms with Gasteiger partial charge in [0.05, 0.1) is 36.6 Å². The fraction of sp³-hybridized carbons (Fsp3) is 0.286. The van der Waals surface area contributed by atoms with Gasteiger partial charge in [-0.2, -0.15) is 0 Å². The lowest BCUT2D eigenvalue weighted by Crippen LogP contribution is -2.40. The summed E-state index contributed by atoms with van der Waals surface area (Å²) in [6, 6.07) is 20.4. The first-order valence-electron chi connectivity index (χ1n) is 14.6. The summed E-state index contributed by atoms with van der Waals surface area (Å²) in [6.45, 7) is 6.50. The number of rotatable bonds is 11. The van der Waals surface area contributed by atoms with E-state index in [9.17, 15) is 9.59 Å². The van der Waals surface area contributed by atoms with Gasteiger partial charge in [0.15, 0.2) is 4.80 Å². The molecule has 5 rings (SSSR count). The van der Waals surface area contributed by atoms with Crippen LogP contribution in [0.3, 0.4) is 0 Å². The van der Waals surface area contributed by atoms with Crippen molar-refractivity contribution in [1.29, 1.82) is 0 Å². The van der Waals surface area contributed by atoms with Gasteiger partial charge in [-0.25, -0.2) is 9.79 Å². The summed E-state index contributed by atoms with van der Waals surface area (Å²) in [4.78, 5) is 32.9. The fourth-order valence-corrected chi connectivity index (χ4v) is 6.15. The van der Waals surface area contributed by atoms with E-state index in [1.807, 2.05) is 37.3 Å². The number of aromatic nitrogens is 1. The molecule has 1 aromatic heterocycles. The maximum absolute atomic E-state index is 14.1. The molecule has 0 bridgehead atoms. The number of allylic oxidation sites excluding steroid dienone is 1. The molecule has 0 N–H and O–H groups in total. The Balaban J connectivity index is 1.58. The Morgan fingerprint density at radius 2 is 1.70 bits per heavy atom. The van der Waals surface area contributed by atoms with Gasteiger partial charge in [0.2, 0.25) is 0 Å². The average Bonchev–Trinajstić information content (AvgIpc) is 3.34. The van der Waals surface area contributed by atoms with E-state index in [4.69, 9.17) is 23.9 Å². The van der Waals surface area contributed by atoms with Crippen molar-refractivity contribution in [1.82, 2.24) is 4.57 Å². The predicted molar refractivity (Wildman–Crippen MR) is 171 cm³/mol. The summed E-state index contributed by atoms with van der Waals surface area (Å²) in [5.74, 6) is 1.32. The van der Waals surface area contributed by atoms with Crippen LogP contribution in [0.15, 0.2) is 87.8 Å². The number of carbonyl (C=O) groups is 1. The van der Waals surface area contributed by atoms with Crippen molar-refractivity contribution < 1.29 is 23.7 Å². The molecular formula is C35H36N2O6S. The van der Waals surface area contributed by atoms with Crippen molar-refractivity contribution in [2.45, 2.75) is 46.3 Å². The maximum Gasteiger partial charge on any atom is 0.338 e. The number of benzene rings is 3. The molecule has 44 heavy (non-hydrogen) atoms. The largest absolute Gasteiger partial charge is 0.497 e. The summed E-state index contributed by atoms with van der Waals surface area (Å²) in [7, 11) is 3.13. The number of thiazole rings is 1. The zero-order valence-corrected chi connectivity index (χ0v) is 26.4. The number of ether oxygens (including phenoxy) is 4. The van der Waals surface area contributed by atoms with Crippen LogP contribution in [0.25, 0.3) is 6.08 Å². The molecule has 4 aromatic rings. The van der Waals surface area contributed by atoms with Crippen LogP contribution in [0, 0.1) is 6.92 Å². The number of fused-ring (bicyclic) bond motifs is 1. The maximum atomic E-state index is 14.1. The van der Waals surface area contributed by atoms with Crippen molar-refractivity contribution >= 4 is 23.4 Å². The number of hydrogen-bond donors (Lipinski definition) is 0. The van der Waals surface area contributed by atoms with E-state index in [-0.39, 0.29) is 12.2 Å². The van der Waals surface area contributed by atoms with E-state index in [0.29, 0.717) is 50.7 Å². The fourth-order valence-electron chi connectivity index (χ4n) is 5.13. The van der Waals surface area contributed by atoms with E-state index >= 15 is 0 Å². The monoisotopic (exact) mass is 612 g/mol. The SMILES string of the molecule is CCCC1=C(C(=O)OCC)[C@@H](c2cc(OC)ccc2OC)n2c(s/c(=C\c3ccc(OCc4ccc(C)cc4)cc3)c2=O)=N1. The molecule has 0 amide bonds. The van der Waals surface area contributed by atoms with Gasteiger partial charge < -0.3 is 18.9 Å². The van der Waals surface area contributed by atoms with Crippen molar-refractivity contribution in [3.8, 4) is 17.2 Å². The molecule has 9 heteroatoms. The quantitative estimate of drug-likeness (QED) is 0.209. The third kappa shape index (κ3) is 6.48. The number of nitrogens with zero attached hydrogens (tertiary/aromatic N) is 2. The summed E-state index contributed by atoms with van der Waals surface area (Å²) in [5, 5.41) is 0. The summed E-state index contributed by atoms with van der Waals surface area (Å²) in [6.07, 6.45) is 3.14. The molecule has 0 aliphatic carbocycles. The molecule has 0 saturated heterocycles.